The molecule has 1 atom stereocenters. The zero-order valence-corrected chi connectivity index (χ0v) is 11.4. The van der Waals surface area contributed by atoms with Crippen LogP contribution in [0.1, 0.15) is 42.9 Å². The van der Waals surface area contributed by atoms with Gasteiger partial charge in [0.25, 0.3) is 0 Å². The van der Waals surface area contributed by atoms with E-state index in [9.17, 15) is 5.11 Å². The van der Waals surface area contributed by atoms with Crippen LogP contribution >= 0.6 is 0 Å². The van der Waals surface area contributed by atoms with Gasteiger partial charge >= 0.3 is 0 Å². The van der Waals surface area contributed by atoms with Gasteiger partial charge < -0.3 is 10.0 Å². The van der Waals surface area contributed by atoms with Gasteiger partial charge in [-0.25, -0.2) is 0 Å². The number of aliphatic hydroxyl groups is 1. The summed E-state index contributed by atoms with van der Waals surface area (Å²) in [7, 11) is 0. The van der Waals surface area contributed by atoms with E-state index >= 15 is 0 Å². The number of benzene rings is 1. The van der Waals surface area contributed by atoms with Gasteiger partial charge in [0, 0.05) is 24.7 Å². The minimum Gasteiger partial charge on any atom is -0.396 e. The van der Waals surface area contributed by atoms with Crippen molar-refractivity contribution in [3.63, 3.8) is 0 Å². The number of hydrogen-bond donors (Lipinski definition) is 1. The van der Waals surface area contributed by atoms with Crippen molar-refractivity contribution in [3.8, 4) is 0 Å². The van der Waals surface area contributed by atoms with Gasteiger partial charge in [-0.05, 0) is 41.9 Å². The molecule has 0 spiro atoms. The third kappa shape index (κ3) is 1.83. The van der Waals surface area contributed by atoms with Gasteiger partial charge in [0.05, 0.1) is 6.61 Å². The second kappa shape index (κ2) is 4.58. The molecule has 0 saturated heterocycles. The SMILES string of the molecule is CC(C)C(CO)c1cc2c3c(c1)CCN3CCC2. The molecule has 1 aromatic carbocycles. The highest BCUT2D eigenvalue weighted by molar-refractivity contribution is 5.66. The molecule has 0 aliphatic carbocycles. The lowest BCUT2D eigenvalue weighted by Crippen LogP contribution is -2.26. The van der Waals surface area contributed by atoms with E-state index < -0.39 is 0 Å². The van der Waals surface area contributed by atoms with Crippen molar-refractivity contribution < 1.29 is 5.11 Å². The topological polar surface area (TPSA) is 23.5 Å². The number of aryl methyl sites for hydroxylation is 1. The quantitative estimate of drug-likeness (QED) is 0.885. The molecule has 3 rings (SSSR count). The Bertz CT molecular complexity index is 453. The molecule has 1 aromatic rings. The molecule has 2 aliphatic heterocycles. The maximum absolute atomic E-state index is 9.62. The molecular weight excluding hydrogens is 222 g/mol. The van der Waals surface area contributed by atoms with Crippen molar-refractivity contribution in [1.29, 1.82) is 0 Å². The summed E-state index contributed by atoms with van der Waals surface area (Å²) in [6, 6.07) is 4.71. The lowest BCUT2D eigenvalue weighted by molar-refractivity contribution is 0.237. The molecule has 1 unspecified atom stereocenters. The zero-order chi connectivity index (χ0) is 12.7. The van der Waals surface area contributed by atoms with Crippen LogP contribution in [-0.4, -0.2) is 24.8 Å². The summed E-state index contributed by atoms with van der Waals surface area (Å²) in [5, 5.41) is 9.62. The molecule has 2 heterocycles. The highest BCUT2D eigenvalue weighted by atomic mass is 16.3. The van der Waals surface area contributed by atoms with Gasteiger partial charge in [-0.3, -0.25) is 0 Å². The number of rotatable bonds is 3. The molecule has 2 heteroatoms. The van der Waals surface area contributed by atoms with E-state index in [1.807, 2.05) is 0 Å². The normalized spacial score (nSPS) is 19.2. The third-order valence-corrected chi connectivity index (χ3v) is 4.56. The molecule has 2 nitrogen and oxygen atoms in total. The Morgan fingerprint density at radius 1 is 1.17 bits per heavy atom. The van der Waals surface area contributed by atoms with Crippen LogP contribution < -0.4 is 4.90 Å². The molecule has 0 aromatic heterocycles. The van der Waals surface area contributed by atoms with Crippen molar-refractivity contribution in [2.24, 2.45) is 5.92 Å². The van der Waals surface area contributed by atoms with Crippen LogP contribution in [-0.2, 0) is 12.8 Å². The smallest absolute Gasteiger partial charge is 0.0502 e. The van der Waals surface area contributed by atoms with Crippen LogP contribution in [0.2, 0.25) is 0 Å². The van der Waals surface area contributed by atoms with Crippen LogP contribution in [0, 0.1) is 5.92 Å². The first-order chi connectivity index (χ1) is 8.70. The Hall–Kier alpha value is -1.02. The average Bonchev–Trinajstić information content (AvgIpc) is 2.75. The van der Waals surface area contributed by atoms with E-state index in [0.717, 1.165) is 0 Å². The Labute approximate surface area is 110 Å². The molecule has 0 bridgehead atoms. The standard InChI is InChI=1S/C16H23NO/c1-11(2)15(10-18)14-8-12-4-3-6-17-7-5-13(9-14)16(12)17/h8-9,11,15,18H,3-7,10H2,1-2H3. The van der Waals surface area contributed by atoms with Gasteiger partial charge in [-0.2, -0.15) is 0 Å². The Morgan fingerprint density at radius 2 is 1.89 bits per heavy atom. The summed E-state index contributed by atoms with van der Waals surface area (Å²) in [6.07, 6.45) is 3.68. The third-order valence-electron chi connectivity index (χ3n) is 4.56. The fourth-order valence-corrected chi connectivity index (χ4v) is 3.54. The molecule has 0 fully saturated rings. The van der Waals surface area contributed by atoms with Crippen molar-refractivity contribution in [2.45, 2.75) is 39.0 Å². The van der Waals surface area contributed by atoms with Crippen LogP contribution in [0.5, 0.6) is 0 Å². The Morgan fingerprint density at radius 3 is 2.56 bits per heavy atom. The minimum atomic E-state index is 0.263. The van der Waals surface area contributed by atoms with Crippen LogP contribution in [0.4, 0.5) is 5.69 Å². The molecule has 1 N–H and O–H groups in total. The molecule has 0 radical (unpaired) electrons. The van der Waals surface area contributed by atoms with Gasteiger partial charge in [-0.15, -0.1) is 0 Å². The fraction of sp³-hybridized carbons (Fsp3) is 0.625. The highest BCUT2D eigenvalue weighted by Crippen LogP contribution is 2.39. The molecule has 18 heavy (non-hydrogen) atoms. The summed E-state index contributed by atoms with van der Waals surface area (Å²) in [4.78, 5) is 2.54. The first-order valence-electron chi connectivity index (χ1n) is 7.22. The summed E-state index contributed by atoms with van der Waals surface area (Å²) >= 11 is 0. The summed E-state index contributed by atoms with van der Waals surface area (Å²) in [6.45, 7) is 7.09. The van der Waals surface area contributed by atoms with E-state index in [4.69, 9.17) is 0 Å². The van der Waals surface area contributed by atoms with E-state index in [1.165, 1.54) is 54.7 Å². The van der Waals surface area contributed by atoms with E-state index in [0.29, 0.717) is 11.8 Å². The van der Waals surface area contributed by atoms with E-state index in [-0.39, 0.29) is 6.61 Å². The molecule has 98 valence electrons. The van der Waals surface area contributed by atoms with Crippen LogP contribution in [0.25, 0.3) is 0 Å². The highest BCUT2D eigenvalue weighted by Gasteiger charge is 2.27. The number of hydrogen-bond acceptors (Lipinski definition) is 2. The number of nitrogens with zero attached hydrogens (tertiary/aromatic N) is 1. The predicted octanol–water partition coefficient (Wildman–Crippen LogP) is 2.73. The summed E-state index contributed by atoms with van der Waals surface area (Å²) < 4.78 is 0. The largest absolute Gasteiger partial charge is 0.396 e. The van der Waals surface area contributed by atoms with Gasteiger partial charge in [-0.1, -0.05) is 26.0 Å². The second-order valence-corrected chi connectivity index (χ2v) is 6.06. The average molecular weight is 245 g/mol. The van der Waals surface area contributed by atoms with E-state index in [1.54, 1.807) is 0 Å². The van der Waals surface area contributed by atoms with E-state index in [2.05, 4.69) is 30.9 Å². The number of aliphatic hydroxyl groups excluding tert-OH is 1. The lowest BCUT2D eigenvalue weighted by Gasteiger charge is -2.29. The van der Waals surface area contributed by atoms with Gasteiger partial charge in [0.1, 0.15) is 0 Å². The second-order valence-electron chi connectivity index (χ2n) is 6.06. The van der Waals surface area contributed by atoms with Crippen molar-refractivity contribution in [3.05, 3.63) is 28.8 Å². The van der Waals surface area contributed by atoms with Crippen molar-refractivity contribution >= 4 is 5.69 Å². The Balaban J connectivity index is 2.04. The fourth-order valence-electron chi connectivity index (χ4n) is 3.54. The van der Waals surface area contributed by atoms with Gasteiger partial charge in [0.15, 0.2) is 0 Å². The maximum atomic E-state index is 9.62. The van der Waals surface area contributed by atoms with Crippen LogP contribution in [0.3, 0.4) is 0 Å². The monoisotopic (exact) mass is 245 g/mol. The lowest BCUT2D eigenvalue weighted by atomic mass is 9.85. The molecule has 0 saturated carbocycles. The maximum Gasteiger partial charge on any atom is 0.0502 e. The molecule has 0 amide bonds. The summed E-state index contributed by atoms with van der Waals surface area (Å²) in [5.41, 5.74) is 5.90. The molecular formula is C16H23NO. The predicted molar refractivity (Wildman–Crippen MR) is 75.3 cm³/mol. The van der Waals surface area contributed by atoms with Crippen molar-refractivity contribution in [1.82, 2.24) is 0 Å². The zero-order valence-electron chi connectivity index (χ0n) is 11.4. The Kier molecular flexibility index (Phi) is 3.06. The first kappa shape index (κ1) is 12.0. The van der Waals surface area contributed by atoms with Crippen LogP contribution in [0.15, 0.2) is 12.1 Å². The van der Waals surface area contributed by atoms with Crippen molar-refractivity contribution in [2.75, 3.05) is 24.6 Å². The summed E-state index contributed by atoms with van der Waals surface area (Å²) in [5.74, 6) is 0.795. The molecule has 2 aliphatic rings. The minimum absolute atomic E-state index is 0.263. The number of anilines is 1. The van der Waals surface area contributed by atoms with Gasteiger partial charge in [0.2, 0.25) is 0 Å². The first-order valence-corrected chi connectivity index (χ1v) is 7.22.